The minimum atomic E-state index is -0.125. The predicted octanol–water partition coefficient (Wildman–Crippen LogP) is 2.34. The summed E-state index contributed by atoms with van der Waals surface area (Å²) in [5, 5.41) is 2.80. The topological polar surface area (TPSA) is 60.3 Å². The number of anilines is 1. The van der Waals surface area contributed by atoms with E-state index in [0.29, 0.717) is 23.7 Å². The lowest BCUT2D eigenvalue weighted by Crippen LogP contribution is -2.15. The summed E-state index contributed by atoms with van der Waals surface area (Å²) in [6, 6.07) is 10.7. The molecular formula is C15H16N2O3. The third kappa shape index (κ3) is 3.26. The summed E-state index contributed by atoms with van der Waals surface area (Å²) in [6.45, 7) is 0.460. The molecule has 0 aliphatic rings. The maximum atomic E-state index is 11.9. The van der Waals surface area contributed by atoms with E-state index in [2.05, 4.69) is 5.32 Å². The smallest absolute Gasteiger partial charge is 0.226 e. The van der Waals surface area contributed by atoms with Gasteiger partial charge in [-0.05, 0) is 24.3 Å². The van der Waals surface area contributed by atoms with Crippen LogP contribution in [0.5, 0.6) is 5.75 Å². The van der Waals surface area contributed by atoms with Crippen molar-refractivity contribution in [1.29, 1.82) is 0 Å². The summed E-state index contributed by atoms with van der Waals surface area (Å²) in [5.41, 5.74) is 1.21. The highest BCUT2D eigenvalue weighted by Crippen LogP contribution is 2.23. The van der Waals surface area contributed by atoms with E-state index in [-0.39, 0.29) is 12.3 Å². The van der Waals surface area contributed by atoms with Crippen molar-refractivity contribution in [3.05, 3.63) is 48.3 Å². The molecule has 1 amide bonds. The number of para-hydroxylation sites is 2. The van der Waals surface area contributed by atoms with Gasteiger partial charge < -0.3 is 14.6 Å². The van der Waals surface area contributed by atoms with Gasteiger partial charge in [-0.1, -0.05) is 12.1 Å². The molecule has 1 aromatic heterocycles. The number of ether oxygens (including phenoxy) is 1. The fraction of sp³-hybridized carbons (Fsp3) is 0.200. The zero-order chi connectivity index (χ0) is 14.4. The molecule has 0 bridgehead atoms. The van der Waals surface area contributed by atoms with Crippen LogP contribution in [-0.2, 0) is 11.3 Å². The third-order valence-corrected chi connectivity index (χ3v) is 2.95. The van der Waals surface area contributed by atoms with Crippen LogP contribution in [-0.4, -0.2) is 23.9 Å². The first-order valence-electron chi connectivity index (χ1n) is 6.28. The number of aldehydes is 1. The minimum Gasteiger partial charge on any atom is -0.495 e. The standard InChI is InChI=1S/C15H16N2O3/c1-20-14-7-3-2-6-13(14)16-15(19)8-10-17-9-4-5-12(17)11-18/h2-7,9,11H,8,10H2,1H3,(H,16,19). The number of nitrogens with zero attached hydrogens (tertiary/aromatic N) is 1. The van der Waals surface area contributed by atoms with Crippen molar-refractivity contribution in [2.45, 2.75) is 13.0 Å². The fourth-order valence-corrected chi connectivity index (χ4v) is 1.92. The number of carbonyl (C=O) groups is 2. The molecule has 20 heavy (non-hydrogen) atoms. The average Bonchev–Trinajstić information content (AvgIpc) is 2.93. The van der Waals surface area contributed by atoms with Gasteiger partial charge in [0.1, 0.15) is 5.75 Å². The number of hydrogen-bond acceptors (Lipinski definition) is 3. The molecule has 2 rings (SSSR count). The van der Waals surface area contributed by atoms with Gasteiger partial charge in [0.25, 0.3) is 0 Å². The Labute approximate surface area is 117 Å². The van der Waals surface area contributed by atoms with Crippen molar-refractivity contribution in [3.8, 4) is 5.75 Å². The Bertz CT molecular complexity index is 605. The molecule has 1 aromatic carbocycles. The molecule has 0 spiro atoms. The van der Waals surface area contributed by atoms with Crippen LogP contribution in [0, 0.1) is 0 Å². The summed E-state index contributed by atoms with van der Waals surface area (Å²) < 4.78 is 6.91. The van der Waals surface area contributed by atoms with Crippen LogP contribution in [0.15, 0.2) is 42.6 Å². The largest absolute Gasteiger partial charge is 0.495 e. The molecular weight excluding hydrogens is 256 g/mol. The van der Waals surface area contributed by atoms with E-state index in [9.17, 15) is 9.59 Å². The van der Waals surface area contributed by atoms with Crippen molar-refractivity contribution in [3.63, 3.8) is 0 Å². The number of nitrogens with one attached hydrogen (secondary N) is 1. The van der Waals surface area contributed by atoms with Crippen molar-refractivity contribution < 1.29 is 14.3 Å². The summed E-state index contributed by atoms with van der Waals surface area (Å²) in [5.74, 6) is 0.496. The Morgan fingerprint density at radius 1 is 1.30 bits per heavy atom. The van der Waals surface area contributed by atoms with Crippen molar-refractivity contribution in [2.75, 3.05) is 12.4 Å². The van der Waals surface area contributed by atoms with Crippen molar-refractivity contribution in [2.24, 2.45) is 0 Å². The summed E-state index contributed by atoms with van der Waals surface area (Å²) >= 11 is 0. The zero-order valence-electron chi connectivity index (χ0n) is 11.2. The second-order valence-corrected chi connectivity index (χ2v) is 4.24. The lowest BCUT2D eigenvalue weighted by molar-refractivity contribution is -0.116. The van der Waals surface area contributed by atoms with E-state index in [1.807, 2.05) is 12.1 Å². The van der Waals surface area contributed by atoms with Gasteiger partial charge >= 0.3 is 0 Å². The first-order chi connectivity index (χ1) is 9.74. The second-order valence-electron chi connectivity index (χ2n) is 4.24. The van der Waals surface area contributed by atoms with Crippen molar-refractivity contribution >= 4 is 17.9 Å². The molecule has 0 aliphatic heterocycles. The number of rotatable bonds is 6. The third-order valence-electron chi connectivity index (χ3n) is 2.95. The monoisotopic (exact) mass is 272 g/mol. The number of methoxy groups -OCH3 is 1. The van der Waals surface area contributed by atoms with Gasteiger partial charge in [-0.15, -0.1) is 0 Å². The molecule has 5 nitrogen and oxygen atoms in total. The quantitative estimate of drug-likeness (QED) is 0.821. The molecule has 0 saturated carbocycles. The van der Waals surface area contributed by atoms with E-state index < -0.39 is 0 Å². The molecule has 1 N–H and O–H groups in total. The lowest BCUT2D eigenvalue weighted by atomic mass is 10.2. The molecule has 0 fully saturated rings. The van der Waals surface area contributed by atoms with Crippen LogP contribution < -0.4 is 10.1 Å². The highest BCUT2D eigenvalue weighted by molar-refractivity contribution is 5.92. The number of amides is 1. The highest BCUT2D eigenvalue weighted by atomic mass is 16.5. The molecule has 0 radical (unpaired) electrons. The molecule has 0 aliphatic carbocycles. The summed E-state index contributed by atoms with van der Waals surface area (Å²) in [7, 11) is 1.56. The van der Waals surface area contributed by atoms with Gasteiger partial charge in [0.15, 0.2) is 6.29 Å². The Hall–Kier alpha value is -2.56. The van der Waals surface area contributed by atoms with Gasteiger partial charge in [-0.3, -0.25) is 9.59 Å². The Morgan fingerprint density at radius 3 is 2.85 bits per heavy atom. The van der Waals surface area contributed by atoms with E-state index >= 15 is 0 Å². The normalized spacial score (nSPS) is 10.1. The number of hydrogen-bond donors (Lipinski definition) is 1. The number of aryl methyl sites for hydroxylation is 1. The molecule has 1 heterocycles. The Morgan fingerprint density at radius 2 is 2.10 bits per heavy atom. The van der Waals surface area contributed by atoms with Gasteiger partial charge in [-0.2, -0.15) is 0 Å². The van der Waals surface area contributed by atoms with Crippen LogP contribution in [0.1, 0.15) is 16.9 Å². The van der Waals surface area contributed by atoms with Gasteiger partial charge in [0.05, 0.1) is 18.5 Å². The van der Waals surface area contributed by atoms with Crippen LogP contribution >= 0.6 is 0 Å². The van der Waals surface area contributed by atoms with Crippen molar-refractivity contribution in [1.82, 2.24) is 4.57 Å². The lowest BCUT2D eigenvalue weighted by Gasteiger charge is -2.10. The Balaban J connectivity index is 1.94. The predicted molar refractivity (Wildman–Crippen MR) is 76.1 cm³/mol. The van der Waals surface area contributed by atoms with Gasteiger partial charge in [0.2, 0.25) is 5.91 Å². The maximum absolute atomic E-state index is 11.9. The first kappa shape index (κ1) is 13.9. The minimum absolute atomic E-state index is 0.125. The molecule has 0 atom stereocenters. The summed E-state index contributed by atoms with van der Waals surface area (Å²) in [6.07, 6.45) is 2.84. The molecule has 0 saturated heterocycles. The van der Waals surface area contributed by atoms with E-state index in [0.717, 1.165) is 6.29 Å². The average molecular weight is 272 g/mol. The van der Waals surface area contributed by atoms with E-state index in [1.165, 1.54) is 0 Å². The Kier molecular flexibility index (Phi) is 4.55. The second kappa shape index (κ2) is 6.56. The molecule has 0 unspecified atom stereocenters. The number of benzene rings is 1. The molecule has 2 aromatic rings. The van der Waals surface area contributed by atoms with E-state index in [4.69, 9.17) is 4.74 Å². The van der Waals surface area contributed by atoms with Crippen LogP contribution in [0.3, 0.4) is 0 Å². The fourth-order valence-electron chi connectivity index (χ4n) is 1.92. The number of aromatic nitrogens is 1. The van der Waals surface area contributed by atoms with Gasteiger partial charge in [0, 0.05) is 19.2 Å². The first-order valence-corrected chi connectivity index (χ1v) is 6.28. The van der Waals surface area contributed by atoms with Crippen LogP contribution in [0.4, 0.5) is 5.69 Å². The SMILES string of the molecule is COc1ccccc1NC(=O)CCn1cccc1C=O. The summed E-state index contributed by atoms with van der Waals surface area (Å²) in [4.78, 5) is 22.7. The zero-order valence-corrected chi connectivity index (χ0v) is 11.2. The van der Waals surface area contributed by atoms with Gasteiger partial charge in [-0.25, -0.2) is 0 Å². The highest BCUT2D eigenvalue weighted by Gasteiger charge is 2.07. The number of carbonyl (C=O) groups excluding carboxylic acids is 2. The maximum Gasteiger partial charge on any atom is 0.226 e. The molecule has 104 valence electrons. The molecule has 5 heteroatoms. The van der Waals surface area contributed by atoms with E-state index in [1.54, 1.807) is 42.1 Å². The van der Waals surface area contributed by atoms with Crippen LogP contribution in [0.2, 0.25) is 0 Å². The van der Waals surface area contributed by atoms with Crippen LogP contribution in [0.25, 0.3) is 0 Å².